The molecular formula is C11H14N2O2S. The molecule has 1 aromatic rings. The van der Waals surface area contributed by atoms with Crippen molar-refractivity contribution in [2.75, 3.05) is 30.9 Å². The quantitative estimate of drug-likeness (QED) is 0.838. The topological polar surface area (TPSA) is 55.6 Å². The van der Waals surface area contributed by atoms with E-state index in [-0.39, 0.29) is 12.5 Å². The molecule has 1 aliphatic heterocycles. The van der Waals surface area contributed by atoms with Gasteiger partial charge in [0.1, 0.15) is 5.75 Å². The average molecular weight is 238 g/mol. The van der Waals surface area contributed by atoms with Gasteiger partial charge in [0.25, 0.3) is 0 Å². The van der Waals surface area contributed by atoms with E-state index in [9.17, 15) is 4.79 Å². The van der Waals surface area contributed by atoms with Crippen LogP contribution in [0.5, 0.6) is 5.75 Å². The van der Waals surface area contributed by atoms with E-state index >= 15 is 0 Å². The SMILES string of the molecule is COc1ccc2c(c1)N(C(=O)CN)CCS2. The monoisotopic (exact) mass is 238 g/mol. The van der Waals surface area contributed by atoms with E-state index in [4.69, 9.17) is 10.5 Å². The summed E-state index contributed by atoms with van der Waals surface area (Å²) >= 11 is 1.75. The average Bonchev–Trinajstić information content (AvgIpc) is 2.36. The summed E-state index contributed by atoms with van der Waals surface area (Å²) in [6.45, 7) is 0.752. The third-order valence-electron chi connectivity index (χ3n) is 2.51. The minimum Gasteiger partial charge on any atom is -0.497 e. The van der Waals surface area contributed by atoms with Gasteiger partial charge >= 0.3 is 0 Å². The van der Waals surface area contributed by atoms with Crippen LogP contribution in [0.2, 0.25) is 0 Å². The van der Waals surface area contributed by atoms with E-state index in [0.717, 1.165) is 22.1 Å². The second-order valence-electron chi connectivity index (χ2n) is 3.43. The fraction of sp³-hybridized carbons (Fsp3) is 0.364. The third-order valence-corrected chi connectivity index (χ3v) is 3.55. The van der Waals surface area contributed by atoms with Crippen molar-refractivity contribution in [3.8, 4) is 5.75 Å². The first-order chi connectivity index (χ1) is 7.76. The highest BCUT2D eigenvalue weighted by Gasteiger charge is 2.22. The predicted octanol–water partition coefficient (Wildman–Crippen LogP) is 1.09. The zero-order valence-electron chi connectivity index (χ0n) is 9.10. The van der Waals surface area contributed by atoms with Crippen molar-refractivity contribution < 1.29 is 9.53 Å². The summed E-state index contributed by atoms with van der Waals surface area (Å²) in [6.07, 6.45) is 0. The number of fused-ring (bicyclic) bond motifs is 1. The van der Waals surface area contributed by atoms with Crippen LogP contribution in [0.4, 0.5) is 5.69 Å². The lowest BCUT2D eigenvalue weighted by atomic mass is 10.2. The normalized spacial score (nSPS) is 14.5. The van der Waals surface area contributed by atoms with Gasteiger partial charge in [0.05, 0.1) is 19.3 Å². The molecule has 2 rings (SSSR count). The number of carbonyl (C=O) groups excluding carboxylic acids is 1. The van der Waals surface area contributed by atoms with Crippen LogP contribution < -0.4 is 15.4 Å². The lowest BCUT2D eigenvalue weighted by Gasteiger charge is -2.28. The van der Waals surface area contributed by atoms with Gasteiger partial charge < -0.3 is 15.4 Å². The second-order valence-corrected chi connectivity index (χ2v) is 4.57. The highest BCUT2D eigenvalue weighted by atomic mass is 32.2. The largest absolute Gasteiger partial charge is 0.497 e. The van der Waals surface area contributed by atoms with Crippen molar-refractivity contribution in [3.05, 3.63) is 18.2 Å². The molecular weight excluding hydrogens is 224 g/mol. The van der Waals surface area contributed by atoms with Crippen molar-refractivity contribution >= 4 is 23.4 Å². The first-order valence-corrected chi connectivity index (χ1v) is 6.06. The molecule has 5 heteroatoms. The lowest BCUT2D eigenvalue weighted by molar-refractivity contribution is -0.117. The highest BCUT2D eigenvalue weighted by Crippen LogP contribution is 2.37. The molecule has 0 bridgehead atoms. The zero-order chi connectivity index (χ0) is 11.5. The first-order valence-electron chi connectivity index (χ1n) is 5.07. The molecule has 86 valence electrons. The minimum absolute atomic E-state index is 0.0430. The number of carbonyl (C=O) groups is 1. The Morgan fingerprint density at radius 3 is 3.12 bits per heavy atom. The van der Waals surface area contributed by atoms with Crippen LogP contribution in [0.15, 0.2) is 23.1 Å². The molecule has 0 saturated heterocycles. The zero-order valence-corrected chi connectivity index (χ0v) is 9.92. The number of amides is 1. The fourth-order valence-corrected chi connectivity index (χ4v) is 2.67. The molecule has 1 heterocycles. The molecule has 0 spiro atoms. The van der Waals surface area contributed by atoms with Gasteiger partial charge in [-0.1, -0.05) is 0 Å². The molecule has 0 fully saturated rings. The maximum Gasteiger partial charge on any atom is 0.240 e. The van der Waals surface area contributed by atoms with E-state index in [2.05, 4.69) is 0 Å². The summed E-state index contributed by atoms with van der Waals surface area (Å²) in [5.41, 5.74) is 6.31. The van der Waals surface area contributed by atoms with E-state index in [1.807, 2.05) is 18.2 Å². The Morgan fingerprint density at radius 1 is 1.62 bits per heavy atom. The molecule has 0 atom stereocenters. The summed E-state index contributed by atoms with van der Waals surface area (Å²) < 4.78 is 5.16. The Balaban J connectivity index is 2.39. The van der Waals surface area contributed by atoms with Crippen LogP contribution in [-0.2, 0) is 4.79 Å². The smallest absolute Gasteiger partial charge is 0.240 e. The summed E-state index contributed by atoms with van der Waals surface area (Å²) in [5.74, 6) is 1.62. The number of rotatable bonds is 2. The van der Waals surface area contributed by atoms with Crippen molar-refractivity contribution in [3.63, 3.8) is 0 Å². The van der Waals surface area contributed by atoms with Crippen LogP contribution in [0, 0.1) is 0 Å². The van der Waals surface area contributed by atoms with Gasteiger partial charge in [-0.3, -0.25) is 4.79 Å². The molecule has 0 radical (unpaired) electrons. The number of benzene rings is 1. The fourth-order valence-electron chi connectivity index (χ4n) is 1.69. The third kappa shape index (κ3) is 2.01. The van der Waals surface area contributed by atoms with Crippen LogP contribution in [0.3, 0.4) is 0 Å². The van der Waals surface area contributed by atoms with Gasteiger partial charge in [0, 0.05) is 23.3 Å². The van der Waals surface area contributed by atoms with Crippen LogP contribution in [0.1, 0.15) is 0 Å². The van der Waals surface area contributed by atoms with Gasteiger partial charge in [0.2, 0.25) is 5.91 Å². The molecule has 1 aliphatic rings. The Bertz CT molecular complexity index is 409. The van der Waals surface area contributed by atoms with Crippen molar-refractivity contribution in [1.29, 1.82) is 0 Å². The maximum absolute atomic E-state index is 11.7. The van der Waals surface area contributed by atoms with E-state index in [0.29, 0.717) is 6.54 Å². The van der Waals surface area contributed by atoms with Crippen molar-refractivity contribution in [2.45, 2.75) is 4.90 Å². The number of thioether (sulfide) groups is 1. The summed E-state index contributed by atoms with van der Waals surface area (Å²) in [5, 5.41) is 0. The van der Waals surface area contributed by atoms with E-state index in [1.165, 1.54) is 0 Å². The Kier molecular flexibility index (Phi) is 3.36. The Morgan fingerprint density at radius 2 is 2.44 bits per heavy atom. The number of anilines is 1. The first kappa shape index (κ1) is 11.3. The standard InChI is InChI=1S/C11H14N2O2S/c1-15-8-2-3-10-9(6-8)13(4-5-16-10)11(14)7-12/h2-3,6H,4-5,7,12H2,1H3. The summed E-state index contributed by atoms with van der Waals surface area (Å²) in [7, 11) is 1.62. The Hall–Kier alpha value is -1.20. The molecule has 0 saturated carbocycles. The van der Waals surface area contributed by atoms with Gasteiger partial charge in [-0.15, -0.1) is 11.8 Å². The van der Waals surface area contributed by atoms with Gasteiger partial charge in [0.15, 0.2) is 0 Å². The maximum atomic E-state index is 11.7. The molecule has 2 N–H and O–H groups in total. The van der Waals surface area contributed by atoms with E-state index < -0.39 is 0 Å². The molecule has 1 amide bonds. The molecule has 0 aromatic heterocycles. The summed E-state index contributed by atoms with van der Waals surface area (Å²) in [4.78, 5) is 14.5. The number of hydrogen-bond donors (Lipinski definition) is 1. The van der Waals surface area contributed by atoms with Gasteiger partial charge in [-0.05, 0) is 12.1 Å². The van der Waals surface area contributed by atoms with Crippen LogP contribution >= 0.6 is 11.8 Å². The number of ether oxygens (including phenoxy) is 1. The number of nitrogens with zero attached hydrogens (tertiary/aromatic N) is 1. The molecule has 0 unspecified atom stereocenters. The van der Waals surface area contributed by atoms with Gasteiger partial charge in [-0.25, -0.2) is 0 Å². The van der Waals surface area contributed by atoms with Gasteiger partial charge in [-0.2, -0.15) is 0 Å². The number of nitrogens with two attached hydrogens (primary N) is 1. The van der Waals surface area contributed by atoms with Crippen molar-refractivity contribution in [1.82, 2.24) is 0 Å². The van der Waals surface area contributed by atoms with Crippen LogP contribution in [-0.4, -0.2) is 31.9 Å². The number of methoxy groups -OCH3 is 1. The lowest BCUT2D eigenvalue weighted by Crippen LogP contribution is -2.39. The Labute approximate surface area is 98.7 Å². The van der Waals surface area contributed by atoms with Crippen molar-refractivity contribution in [2.24, 2.45) is 5.73 Å². The predicted molar refractivity (Wildman–Crippen MR) is 65.1 cm³/mol. The summed E-state index contributed by atoms with van der Waals surface area (Å²) in [6, 6.07) is 5.77. The minimum atomic E-state index is -0.0465. The molecule has 0 aliphatic carbocycles. The van der Waals surface area contributed by atoms with E-state index in [1.54, 1.807) is 23.8 Å². The second kappa shape index (κ2) is 4.76. The molecule has 16 heavy (non-hydrogen) atoms. The molecule has 4 nitrogen and oxygen atoms in total. The molecule has 1 aromatic carbocycles. The van der Waals surface area contributed by atoms with Crippen LogP contribution in [0.25, 0.3) is 0 Å². The number of hydrogen-bond acceptors (Lipinski definition) is 4. The highest BCUT2D eigenvalue weighted by molar-refractivity contribution is 7.99.